The molecule has 1 fully saturated rings. The molecule has 1 aromatic rings. The molecule has 3 nitrogen and oxygen atoms in total. The fraction of sp³-hybridized carbons (Fsp3) is 0.600. The lowest BCUT2D eigenvalue weighted by atomic mass is 9.63. The van der Waals surface area contributed by atoms with Gasteiger partial charge in [-0.25, -0.2) is 0 Å². The van der Waals surface area contributed by atoms with Gasteiger partial charge in [0.25, 0.3) is 0 Å². The van der Waals surface area contributed by atoms with E-state index in [2.05, 4.69) is 13.0 Å². The summed E-state index contributed by atoms with van der Waals surface area (Å²) in [7, 11) is 3.25. The van der Waals surface area contributed by atoms with E-state index in [0.717, 1.165) is 24.8 Å². The maximum atomic E-state index is 6.50. The van der Waals surface area contributed by atoms with E-state index in [-0.39, 0.29) is 5.41 Å². The predicted octanol–water partition coefficient (Wildman–Crippen LogP) is 3.30. The van der Waals surface area contributed by atoms with Gasteiger partial charge in [0.15, 0.2) is 11.5 Å². The number of rotatable bonds is 5. The van der Waals surface area contributed by atoms with E-state index >= 15 is 0 Å². The van der Waals surface area contributed by atoms with E-state index in [9.17, 15) is 0 Å². The Morgan fingerprint density at radius 1 is 1.32 bits per heavy atom. The molecule has 0 radical (unpaired) electrons. The Kier molecular flexibility index (Phi) is 4.26. The number of nitrogens with two attached hydrogens (primary N) is 1. The molecule has 106 valence electrons. The second-order valence-corrected chi connectivity index (χ2v) is 5.52. The van der Waals surface area contributed by atoms with Crippen molar-refractivity contribution in [1.82, 2.24) is 0 Å². The van der Waals surface area contributed by atoms with Crippen LogP contribution in [0.4, 0.5) is 0 Å². The van der Waals surface area contributed by atoms with Crippen molar-refractivity contribution in [3.05, 3.63) is 22.2 Å². The Labute approximate surface area is 120 Å². The summed E-state index contributed by atoms with van der Waals surface area (Å²) in [6.45, 7) is 2.77. The monoisotopic (exact) mass is 283 g/mol. The Morgan fingerprint density at radius 3 is 2.37 bits per heavy atom. The molecular weight excluding hydrogens is 262 g/mol. The lowest BCUT2D eigenvalue weighted by molar-refractivity contribution is 0.249. The standard InChI is InChI=1S/C15H22ClNO2/c1-4-10-11(15(9-17)6-5-7-15)8-12(18-2)14(19-3)13(10)16/h8H,4-7,9,17H2,1-3H3. The Morgan fingerprint density at radius 2 is 2.00 bits per heavy atom. The first-order valence-corrected chi connectivity index (χ1v) is 7.15. The average Bonchev–Trinajstić information content (AvgIpc) is 2.37. The molecule has 0 bridgehead atoms. The third-order valence-corrected chi connectivity index (χ3v) is 4.74. The van der Waals surface area contributed by atoms with Crippen LogP contribution in [-0.4, -0.2) is 20.8 Å². The second-order valence-electron chi connectivity index (χ2n) is 5.14. The Hall–Kier alpha value is -0.930. The average molecular weight is 284 g/mol. The molecule has 0 aliphatic heterocycles. The Bertz CT molecular complexity index is 464. The molecule has 4 heteroatoms. The minimum Gasteiger partial charge on any atom is -0.493 e. The van der Waals surface area contributed by atoms with E-state index in [1.807, 2.05) is 0 Å². The quantitative estimate of drug-likeness (QED) is 0.902. The number of methoxy groups -OCH3 is 2. The highest BCUT2D eigenvalue weighted by molar-refractivity contribution is 6.33. The van der Waals surface area contributed by atoms with Gasteiger partial charge in [-0.3, -0.25) is 0 Å². The van der Waals surface area contributed by atoms with Crippen LogP contribution in [0.2, 0.25) is 5.02 Å². The van der Waals surface area contributed by atoms with Gasteiger partial charge < -0.3 is 15.2 Å². The molecular formula is C15H22ClNO2. The minimum atomic E-state index is 0.0779. The zero-order chi connectivity index (χ0) is 14.0. The van der Waals surface area contributed by atoms with Crippen molar-refractivity contribution in [3.8, 4) is 11.5 Å². The van der Waals surface area contributed by atoms with Gasteiger partial charge in [-0.1, -0.05) is 24.9 Å². The van der Waals surface area contributed by atoms with Gasteiger partial charge in [0, 0.05) is 12.0 Å². The number of halogens is 1. The van der Waals surface area contributed by atoms with Crippen molar-refractivity contribution < 1.29 is 9.47 Å². The lowest BCUT2D eigenvalue weighted by Gasteiger charge is -2.43. The van der Waals surface area contributed by atoms with Crippen LogP contribution in [0.3, 0.4) is 0 Å². The number of benzene rings is 1. The highest BCUT2D eigenvalue weighted by Crippen LogP contribution is 2.49. The third-order valence-electron chi connectivity index (χ3n) is 4.34. The van der Waals surface area contributed by atoms with Crippen LogP contribution in [0.1, 0.15) is 37.3 Å². The summed E-state index contributed by atoms with van der Waals surface area (Å²) in [5, 5.41) is 0.666. The van der Waals surface area contributed by atoms with Gasteiger partial charge in [-0.2, -0.15) is 0 Å². The lowest BCUT2D eigenvalue weighted by Crippen LogP contribution is -2.42. The third kappa shape index (κ3) is 2.19. The summed E-state index contributed by atoms with van der Waals surface area (Å²) >= 11 is 6.50. The Balaban J connectivity index is 2.63. The topological polar surface area (TPSA) is 44.5 Å². The van der Waals surface area contributed by atoms with Crippen molar-refractivity contribution in [1.29, 1.82) is 0 Å². The summed E-state index contributed by atoms with van der Waals surface area (Å²) in [4.78, 5) is 0. The highest BCUT2D eigenvalue weighted by Gasteiger charge is 2.40. The summed E-state index contributed by atoms with van der Waals surface area (Å²) < 4.78 is 10.8. The first-order valence-electron chi connectivity index (χ1n) is 6.77. The van der Waals surface area contributed by atoms with Gasteiger partial charge in [-0.05, 0) is 36.5 Å². The van der Waals surface area contributed by atoms with E-state index < -0.39 is 0 Å². The van der Waals surface area contributed by atoms with Crippen LogP contribution in [0, 0.1) is 0 Å². The summed E-state index contributed by atoms with van der Waals surface area (Å²) in [6.07, 6.45) is 4.35. The summed E-state index contributed by atoms with van der Waals surface area (Å²) in [6, 6.07) is 2.07. The molecule has 1 saturated carbocycles. The molecule has 0 spiro atoms. The number of ether oxygens (including phenoxy) is 2. The van der Waals surface area contributed by atoms with Gasteiger partial charge in [0.2, 0.25) is 0 Å². The summed E-state index contributed by atoms with van der Waals surface area (Å²) in [5.74, 6) is 1.32. The molecule has 0 unspecified atom stereocenters. The molecule has 0 saturated heterocycles. The largest absolute Gasteiger partial charge is 0.493 e. The molecule has 0 heterocycles. The fourth-order valence-electron chi connectivity index (χ4n) is 2.99. The van der Waals surface area contributed by atoms with E-state index in [0.29, 0.717) is 23.1 Å². The van der Waals surface area contributed by atoms with Crippen molar-refractivity contribution in [2.45, 2.75) is 38.0 Å². The van der Waals surface area contributed by atoms with E-state index in [4.69, 9.17) is 26.8 Å². The van der Waals surface area contributed by atoms with Gasteiger partial charge >= 0.3 is 0 Å². The van der Waals surface area contributed by atoms with Crippen LogP contribution in [-0.2, 0) is 11.8 Å². The maximum absolute atomic E-state index is 6.50. The number of hydrogen-bond donors (Lipinski definition) is 1. The first kappa shape index (κ1) is 14.5. The molecule has 0 amide bonds. The predicted molar refractivity (Wildman–Crippen MR) is 78.5 cm³/mol. The molecule has 0 aromatic heterocycles. The van der Waals surface area contributed by atoms with Gasteiger partial charge in [0.05, 0.1) is 19.2 Å². The smallest absolute Gasteiger partial charge is 0.179 e. The summed E-state index contributed by atoms with van der Waals surface area (Å²) in [5.41, 5.74) is 8.48. The van der Waals surface area contributed by atoms with Crippen molar-refractivity contribution in [2.24, 2.45) is 5.73 Å². The van der Waals surface area contributed by atoms with Crippen molar-refractivity contribution in [3.63, 3.8) is 0 Å². The van der Waals surface area contributed by atoms with Gasteiger partial charge in [-0.15, -0.1) is 0 Å². The maximum Gasteiger partial charge on any atom is 0.179 e. The van der Waals surface area contributed by atoms with Crippen LogP contribution in [0.15, 0.2) is 6.07 Å². The first-order chi connectivity index (χ1) is 9.13. The molecule has 19 heavy (non-hydrogen) atoms. The van der Waals surface area contributed by atoms with E-state index in [1.165, 1.54) is 12.0 Å². The van der Waals surface area contributed by atoms with Crippen LogP contribution in [0.5, 0.6) is 11.5 Å². The molecule has 2 N–H and O–H groups in total. The van der Waals surface area contributed by atoms with Crippen LogP contribution < -0.4 is 15.2 Å². The zero-order valence-corrected chi connectivity index (χ0v) is 12.6. The molecule has 1 aromatic carbocycles. The second kappa shape index (κ2) is 5.59. The normalized spacial score (nSPS) is 16.9. The van der Waals surface area contributed by atoms with E-state index in [1.54, 1.807) is 14.2 Å². The van der Waals surface area contributed by atoms with Crippen molar-refractivity contribution in [2.75, 3.05) is 20.8 Å². The van der Waals surface area contributed by atoms with Crippen molar-refractivity contribution >= 4 is 11.6 Å². The van der Waals surface area contributed by atoms with Gasteiger partial charge in [0.1, 0.15) is 0 Å². The highest BCUT2D eigenvalue weighted by atomic mass is 35.5. The zero-order valence-electron chi connectivity index (χ0n) is 11.9. The fourth-order valence-corrected chi connectivity index (χ4v) is 3.40. The molecule has 1 aliphatic rings. The SMILES string of the molecule is CCc1c(C2(CN)CCC2)cc(OC)c(OC)c1Cl. The molecule has 0 atom stereocenters. The minimum absolute atomic E-state index is 0.0779. The van der Waals surface area contributed by atoms with Crippen LogP contribution >= 0.6 is 11.6 Å². The van der Waals surface area contributed by atoms with Crippen LogP contribution in [0.25, 0.3) is 0 Å². The number of hydrogen-bond acceptors (Lipinski definition) is 3. The molecule has 2 rings (SSSR count). The molecule has 1 aliphatic carbocycles.